The Morgan fingerprint density at radius 2 is 2.24 bits per heavy atom. The van der Waals surface area contributed by atoms with Gasteiger partial charge in [0.25, 0.3) is 5.91 Å². The maximum atomic E-state index is 12.6. The first kappa shape index (κ1) is 14.9. The molecule has 1 fully saturated rings. The molecule has 3 nitrogen and oxygen atoms in total. The van der Waals surface area contributed by atoms with Crippen LogP contribution in [0.5, 0.6) is 0 Å². The van der Waals surface area contributed by atoms with Gasteiger partial charge in [-0.2, -0.15) is 0 Å². The lowest BCUT2D eigenvalue weighted by molar-refractivity contribution is 0.0867. The van der Waals surface area contributed by atoms with Crippen molar-refractivity contribution >= 4 is 17.5 Å². The van der Waals surface area contributed by atoms with Crippen LogP contribution in [0.4, 0.5) is 0 Å². The fourth-order valence-corrected chi connectivity index (χ4v) is 3.86. The molecule has 1 amide bonds. The van der Waals surface area contributed by atoms with Crippen molar-refractivity contribution in [3.05, 3.63) is 34.9 Å². The van der Waals surface area contributed by atoms with Gasteiger partial charge < -0.3 is 10.1 Å². The van der Waals surface area contributed by atoms with Crippen molar-refractivity contribution in [2.45, 2.75) is 51.4 Å². The molecule has 2 atom stereocenters. The number of ether oxygens (including phenoxy) is 1. The minimum atomic E-state index is -0.244. The summed E-state index contributed by atoms with van der Waals surface area (Å²) in [5, 5.41) is 3.21. The monoisotopic (exact) mass is 307 g/mol. The molecule has 114 valence electrons. The fourth-order valence-electron chi connectivity index (χ4n) is 3.55. The third-order valence-electron chi connectivity index (χ3n) is 4.71. The van der Waals surface area contributed by atoms with Crippen LogP contribution in [-0.4, -0.2) is 17.3 Å². The van der Waals surface area contributed by atoms with Crippen molar-refractivity contribution in [3.63, 3.8) is 0 Å². The minimum absolute atomic E-state index is 0.0144. The number of nitrogens with one attached hydrogen (secondary N) is 1. The molecule has 0 spiro atoms. The molecule has 2 unspecified atom stereocenters. The SMILES string of the molecule is CC1CCCC(CCl)(NC(=O)c2ccc3c(c2)COC3)C1. The van der Waals surface area contributed by atoms with Gasteiger partial charge in [0.05, 0.1) is 18.8 Å². The highest BCUT2D eigenvalue weighted by Gasteiger charge is 2.35. The van der Waals surface area contributed by atoms with Gasteiger partial charge in [0, 0.05) is 11.4 Å². The van der Waals surface area contributed by atoms with Crippen molar-refractivity contribution in [2.75, 3.05) is 5.88 Å². The second-order valence-electron chi connectivity index (χ2n) is 6.55. The smallest absolute Gasteiger partial charge is 0.251 e. The Morgan fingerprint density at radius 3 is 3.00 bits per heavy atom. The van der Waals surface area contributed by atoms with Gasteiger partial charge in [-0.1, -0.05) is 25.8 Å². The predicted octanol–water partition coefficient (Wildman–Crippen LogP) is 3.63. The maximum absolute atomic E-state index is 12.6. The number of alkyl halides is 1. The molecule has 1 aliphatic carbocycles. The van der Waals surface area contributed by atoms with E-state index in [1.54, 1.807) is 0 Å². The van der Waals surface area contributed by atoms with Crippen LogP contribution in [0.3, 0.4) is 0 Å². The Balaban J connectivity index is 1.75. The molecule has 21 heavy (non-hydrogen) atoms. The molecule has 1 aliphatic heterocycles. The average Bonchev–Trinajstić information content (AvgIpc) is 2.94. The first-order chi connectivity index (χ1) is 10.1. The van der Waals surface area contributed by atoms with Gasteiger partial charge in [-0.3, -0.25) is 4.79 Å². The van der Waals surface area contributed by atoms with Crippen LogP contribution >= 0.6 is 11.6 Å². The number of benzene rings is 1. The van der Waals surface area contributed by atoms with Gasteiger partial charge in [-0.05, 0) is 42.0 Å². The number of hydrogen-bond donors (Lipinski definition) is 1. The standard InChI is InChI=1S/C17H22ClNO2/c1-12-3-2-6-17(8-12,11-18)19-16(20)13-4-5-14-9-21-10-15(14)7-13/h4-5,7,12H,2-3,6,8-11H2,1H3,(H,19,20). The fraction of sp³-hybridized carbons (Fsp3) is 0.588. The molecule has 0 bridgehead atoms. The summed E-state index contributed by atoms with van der Waals surface area (Å²) in [5.74, 6) is 1.09. The van der Waals surface area contributed by atoms with Crippen LogP contribution in [0.25, 0.3) is 0 Å². The van der Waals surface area contributed by atoms with E-state index in [1.807, 2.05) is 18.2 Å². The lowest BCUT2D eigenvalue weighted by atomic mass is 9.77. The van der Waals surface area contributed by atoms with Gasteiger partial charge in [0.15, 0.2) is 0 Å². The lowest BCUT2D eigenvalue weighted by Crippen LogP contribution is -2.52. The number of amides is 1. The largest absolute Gasteiger partial charge is 0.372 e. The second kappa shape index (κ2) is 5.98. The number of carbonyl (C=O) groups excluding carboxylic acids is 1. The molecule has 0 saturated heterocycles. The van der Waals surface area contributed by atoms with Crippen LogP contribution in [-0.2, 0) is 18.0 Å². The topological polar surface area (TPSA) is 38.3 Å². The summed E-state index contributed by atoms with van der Waals surface area (Å²) in [6, 6.07) is 5.83. The van der Waals surface area contributed by atoms with Crippen LogP contribution in [0.15, 0.2) is 18.2 Å². The van der Waals surface area contributed by atoms with E-state index in [1.165, 1.54) is 12.0 Å². The molecule has 1 aromatic carbocycles. The Labute approximate surface area is 131 Å². The van der Waals surface area contributed by atoms with E-state index in [9.17, 15) is 4.79 Å². The van der Waals surface area contributed by atoms with E-state index in [0.29, 0.717) is 30.6 Å². The summed E-state index contributed by atoms with van der Waals surface area (Å²) in [7, 11) is 0. The van der Waals surface area contributed by atoms with E-state index < -0.39 is 0 Å². The average molecular weight is 308 g/mol. The summed E-state index contributed by atoms with van der Waals surface area (Å²) in [6.45, 7) is 3.49. The van der Waals surface area contributed by atoms with Crippen LogP contribution in [0.1, 0.15) is 54.1 Å². The van der Waals surface area contributed by atoms with Crippen molar-refractivity contribution in [1.82, 2.24) is 5.32 Å². The van der Waals surface area contributed by atoms with Gasteiger partial charge in [0.1, 0.15) is 0 Å². The summed E-state index contributed by atoms with van der Waals surface area (Å²) >= 11 is 6.19. The molecule has 4 heteroatoms. The van der Waals surface area contributed by atoms with Crippen LogP contribution in [0.2, 0.25) is 0 Å². The van der Waals surface area contributed by atoms with E-state index in [-0.39, 0.29) is 11.4 Å². The Morgan fingerprint density at radius 1 is 1.43 bits per heavy atom. The zero-order valence-corrected chi connectivity index (χ0v) is 13.2. The molecule has 1 heterocycles. The molecule has 1 aromatic rings. The summed E-state index contributed by atoms with van der Waals surface area (Å²) < 4.78 is 5.40. The molecule has 3 rings (SSSR count). The Bertz CT molecular complexity index is 546. The number of carbonyl (C=O) groups is 1. The van der Waals surface area contributed by atoms with Crippen molar-refractivity contribution in [2.24, 2.45) is 5.92 Å². The zero-order chi connectivity index (χ0) is 14.9. The summed E-state index contributed by atoms with van der Waals surface area (Å²) in [4.78, 5) is 12.6. The molecule has 0 aromatic heterocycles. The molecule has 2 aliphatic rings. The number of rotatable bonds is 3. The number of fused-ring (bicyclic) bond motifs is 1. The Hall–Kier alpha value is -1.06. The molecule has 1 N–H and O–H groups in total. The highest BCUT2D eigenvalue weighted by Crippen LogP contribution is 2.33. The Kier molecular flexibility index (Phi) is 4.23. The second-order valence-corrected chi connectivity index (χ2v) is 6.81. The summed E-state index contributed by atoms with van der Waals surface area (Å²) in [6.07, 6.45) is 4.30. The van der Waals surface area contributed by atoms with Gasteiger partial charge in [0.2, 0.25) is 0 Å². The number of hydrogen-bond acceptors (Lipinski definition) is 2. The predicted molar refractivity (Wildman–Crippen MR) is 83.5 cm³/mol. The highest BCUT2D eigenvalue weighted by atomic mass is 35.5. The van der Waals surface area contributed by atoms with Crippen LogP contribution < -0.4 is 5.32 Å². The molecule has 1 saturated carbocycles. The zero-order valence-electron chi connectivity index (χ0n) is 12.5. The minimum Gasteiger partial charge on any atom is -0.372 e. The van der Waals surface area contributed by atoms with Crippen molar-refractivity contribution < 1.29 is 9.53 Å². The number of halogens is 1. The van der Waals surface area contributed by atoms with Gasteiger partial charge in [-0.25, -0.2) is 0 Å². The third kappa shape index (κ3) is 3.09. The molecular weight excluding hydrogens is 286 g/mol. The van der Waals surface area contributed by atoms with Crippen molar-refractivity contribution in [3.8, 4) is 0 Å². The normalized spacial score (nSPS) is 28.2. The van der Waals surface area contributed by atoms with E-state index >= 15 is 0 Å². The van der Waals surface area contributed by atoms with Gasteiger partial charge >= 0.3 is 0 Å². The van der Waals surface area contributed by atoms with Crippen LogP contribution in [0, 0.1) is 5.92 Å². The molecule has 0 radical (unpaired) electrons. The highest BCUT2D eigenvalue weighted by molar-refractivity contribution is 6.19. The maximum Gasteiger partial charge on any atom is 0.251 e. The van der Waals surface area contributed by atoms with E-state index in [2.05, 4.69) is 12.2 Å². The van der Waals surface area contributed by atoms with Crippen molar-refractivity contribution in [1.29, 1.82) is 0 Å². The molecular formula is C17H22ClNO2. The lowest BCUT2D eigenvalue weighted by Gasteiger charge is -2.39. The first-order valence-electron chi connectivity index (χ1n) is 7.70. The first-order valence-corrected chi connectivity index (χ1v) is 8.23. The van der Waals surface area contributed by atoms with E-state index in [0.717, 1.165) is 24.8 Å². The van der Waals surface area contributed by atoms with Gasteiger partial charge in [-0.15, -0.1) is 11.6 Å². The third-order valence-corrected chi connectivity index (χ3v) is 5.22. The quantitative estimate of drug-likeness (QED) is 0.866. The summed E-state index contributed by atoms with van der Waals surface area (Å²) in [5.41, 5.74) is 2.78. The van der Waals surface area contributed by atoms with E-state index in [4.69, 9.17) is 16.3 Å².